The Morgan fingerprint density at radius 1 is 1.17 bits per heavy atom. The van der Waals surface area contributed by atoms with E-state index in [4.69, 9.17) is 4.74 Å². The number of carbonyl (C=O) groups excluding carboxylic acids is 1. The van der Waals surface area contributed by atoms with Crippen molar-refractivity contribution in [1.29, 1.82) is 0 Å². The molecule has 0 atom stereocenters. The van der Waals surface area contributed by atoms with Crippen molar-refractivity contribution < 1.29 is 17.9 Å². The molecule has 4 aromatic rings. The smallest absolute Gasteiger partial charge is 0.251 e. The fourth-order valence-corrected chi connectivity index (χ4v) is 3.55. The number of amides is 1. The van der Waals surface area contributed by atoms with Crippen molar-refractivity contribution in [3.8, 4) is 11.7 Å². The van der Waals surface area contributed by atoms with Crippen molar-refractivity contribution in [1.82, 2.24) is 30.0 Å². The molecule has 0 aliphatic heterocycles. The van der Waals surface area contributed by atoms with E-state index in [1.54, 1.807) is 60.6 Å². The van der Waals surface area contributed by atoms with Crippen LogP contribution in [0.3, 0.4) is 0 Å². The number of rotatable bonds is 9. The van der Waals surface area contributed by atoms with Gasteiger partial charge in [0.25, 0.3) is 5.91 Å². The maximum absolute atomic E-state index is 12.1. The summed E-state index contributed by atoms with van der Waals surface area (Å²) < 4.78 is 29.1. The lowest BCUT2D eigenvalue weighted by atomic mass is 10.1. The number of ether oxygens (including phenoxy) is 1. The highest BCUT2D eigenvalue weighted by molar-refractivity contribution is 7.90. The lowest BCUT2D eigenvalue weighted by molar-refractivity contribution is 0.0956. The van der Waals surface area contributed by atoms with Crippen LogP contribution in [0.4, 0.5) is 5.82 Å². The third kappa shape index (κ3) is 5.95. The molecule has 0 spiro atoms. The summed E-state index contributed by atoms with van der Waals surface area (Å²) in [6, 6.07) is 12.0. The Kier molecular flexibility index (Phi) is 6.96. The molecule has 0 unspecified atom stereocenters. The first-order valence-electron chi connectivity index (χ1n) is 10.4. The number of hydrogen-bond acceptors (Lipinski definition) is 10. The molecular formula is C22H22N8O4S. The monoisotopic (exact) mass is 494 g/mol. The van der Waals surface area contributed by atoms with Crippen LogP contribution in [0.25, 0.3) is 16.9 Å². The highest BCUT2D eigenvalue weighted by atomic mass is 32.2. The van der Waals surface area contributed by atoms with E-state index in [2.05, 4.69) is 35.9 Å². The molecule has 3 heterocycles. The number of carbonyl (C=O) groups is 1. The maximum atomic E-state index is 12.1. The number of nitrogens with zero attached hydrogens (tertiary/aromatic N) is 6. The Morgan fingerprint density at radius 3 is 2.71 bits per heavy atom. The van der Waals surface area contributed by atoms with E-state index in [9.17, 15) is 13.2 Å². The first-order valence-corrected chi connectivity index (χ1v) is 12.5. The van der Waals surface area contributed by atoms with E-state index >= 15 is 0 Å². The summed E-state index contributed by atoms with van der Waals surface area (Å²) >= 11 is 0. The van der Waals surface area contributed by atoms with Gasteiger partial charge < -0.3 is 10.1 Å². The summed E-state index contributed by atoms with van der Waals surface area (Å²) in [7, 11) is -1.59. The summed E-state index contributed by atoms with van der Waals surface area (Å²) in [4.78, 5) is 25.0. The van der Waals surface area contributed by atoms with Crippen LogP contribution in [0, 0.1) is 0 Å². The molecule has 3 aromatic heterocycles. The van der Waals surface area contributed by atoms with Gasteiger partial charge in [-0.2, -0.15) is 19.9 Å². The van der Waals surface area contributed by atoms with Crippen LogP contribution < -0.4 is 15.5 Å². The normalized spacial score (nSPS) is 11.6. The van der Waals surface area contributed by atoms with E-state index in [1.165, 1.54) is 6.33 Å². The van der Waals surface area contributed by atoms with E-state index in [-0.39, 0.29) is 18.2 Å². The SMILES string of the molecule is COc1cccc(-n2ncc3c(N/N=C/c4ccc(C(=O)NCCS(C)(=O)=O)cc4)ncnc32)n1. The minimum Gasteiger partial charge on any atom is -0.481 e. The van der Waals surface area contributed by atoms with Gasteiger partial charge in [0.15, 0.2) is 17.3 Å². The number of anilines is 1. The molecule has 0 bridgehead atoms. The highest BCUT2D eigenvalue weighted by Crippen LogP contribution is 2.21. The Hall–Kier alpha value is -4.39. The van der Waals surface area contributed by atoms with Crippen molar-refractivity contribution in [3.63, 3.8) is 0 Å². The second-order valence-corrected chi connectivity index (χ2v) is 9.69. The quantitative estimate of drug-likeness (QED) is 0.260. The average Bonchev–Trinajstić information content (AvgIpc) is 3.29. The van der Waals surface area contributed by atoms with Crippen molar-refractivity contribution >= 4 is 38.8 Å². The summed E-state index contributed by atoms with van der Waals surface area (Å²) in [6.45, 7) is 0.0582. The molecule has 1 aromatic carbocycles. The number of fused-ring (bicyclic) bond motifs is 1. The number of aromatic nitrogens is 5. The van der Waals surface area contributed by atoms with Crippen molar-refractivity contribution in [2.24, 2.45) is 5.10 Å². The number of hydrazone groups is 1. The minimum absolute atomic E-state index is 0.0582. The number of hydrogen-bond donors (Lipinski definition) is 2. The molecule has 13 heteroatoms. The molecule has 0 aliphatic rings. The summed E-state index contributed by atoms with van der Waals surface area (Å²) in [6.07, 6.45) is 5.71. The van der Waals surface area contributed by atoms with Gasteiger partial charge in [0, 0.05) is 24.4 Å². The van der Waals surface area contributed by atoms with Crippen LogP contribution in [-0.2, 0) is 9.84 Å². The average molecular weight is 495 g/mol. The number of sulfone groups is 1. The first-order chi connectivity index (χ1) is 16.8. The molecular weight excluding hydrogens is 472 g/mol. The predicted molar refractivity (Wildman–Crippen MR) is 131 cm³/mol. The topological polar surface area (TPSA) is 153 Å². The van der Waals surface area contributed by atoms with Crippen LogP contribution >= 0.6 is 0 Å². The van der Waals surface area contributed by atoms with Gasteiger partial charge in [0.1, 0.15) is 16.2 Å². The molecule has 180 valence electrons. The molecule has 0 saturated heterocycles. The second kappa shape index (κ2) is 10.3. The van der Waals surface area contributed by atoms with E-state index in [0.29, 0.717) is 34.1 Å². The van der Waals surface area contributed by atoms with Gasteiger partial charge in [-0.3, -0.25) is 10.2 Å². The minimum atomic E-state index is -3.13. The summed E-state index contributed by atoms with van der Waals surface area (Å²) in [5.41, 5.74) is 4.59. The van der Waals surface area contributed by atoms with Crippen molar-refractivity contribution in [2.75, 3.05) is 31.1 Å². The van der Waals surface area contributed by atoms with E-state index in [0.717, 1.165) is 11.8 Å². The zero-order valence-corrected chi connectivity index (χ0v) is 19.7. The Balaban J connectivity index is 1.43. The number of nitrogens with one attached hydrogen (secondary N) is 2. The molecule has 2 N–H and O–H groups in total. The van der Waals surface area contributed by atoms with Gasteiger partial charge in [-0.15, -0.1) is 0 Å². The summed E-state index contributed by atoms with van der Waals surface area (Å²) in [5.74, 6) is 1.01. The molecule has 0 fully saturated rings. The molecule has 0 radical (unpaired) electrons. The molecule has 0 aliphatic carbocycles. The Morgan fingerprint density at radius 2 is 1.97 bits per heavy atom. The van der Waals surface area contributed by atoms with Crippen LogP contribution in [0.15, 0.2) is 60.1 Å². The van der Waals surface area contributed by atoms with Gasteiger partial charge >= 0.3 is 0 Å². The number of methoxy groups -OCH3 is 1. The second-order valence-electron chi connectivity index (χ2n) is 7.43. The Labute approximate surface area is 201 Å². The lowest BCUT2D eigenvalue weighted by Gasteiger charge is -2.05. The fourth-order valence-electron chi connectivity index (χ4n) is 3.08. The van der Waals surface area contributed by atoms with Crippen LogP contribution in [0.2, 0.25) is 0 Å². The lowest BCUT2D eigenvalue weighted by Crippen LogP contribution is -2.28. The van der Waals surface area contributed by atoms with Gasteiger partial charge in [-0.1, -0.05) is 18.2 Å². The Bertz CT molecular complexity index is 1480. The van der Waals surface area contributed by atoms with Crippen molar-refractivity contribution in [2.45, 2.75) is 0 Å². The third-order valence-corrected chi connectivity index (χ3v) is 5.76. The van der Waals surface area contributed by atoms with Gasteiger partial charge in [-0.05, 0) is 23.8 Å². The molecule has 0 saturated carbocycles. The van der Waals surface area contributed by atoms with E-state index in [1.807, 2.05) is 6.07 Å². The van der Waals surface area contributed by atoms with Crippen LogP contribution in [0.5, 0.6) is 5.88 Å². The standard InChI is InChI=1S/C22H22N8O4S/c1-34-19-5-3-4-18(28-19)30-21-17(13-27-30)20(24-14-25-21)29-26-12-15-6-8-16(9-7-15)22(31)23-10-11-35(2,32)33/h3-9,12-14H,10-11H2,1-2H3,(H,23,31)(H,24,25,29)/b26-12+. The first kappa shape index (κ1) is 23.8. The zero-order chi connectivity index (χ0) is 24.8. The third-order valence-electron chi connectivity index (χ3n) is 4.82. The highest BCUT2D eigenvalue weighted by Gasteiger charge is 2.12. The van der Waals surface area contributed by atoms with Gasteiger partial charge in [0.2, 0.25) is 5.88 Å². The predicted octanol–water partition coefficient (Wildman–Crippen LogP) is 1.44. The van der Waals surface area contributed by atoms with Gasteiger partial charge in [-0.25, -0.2) is 18.4 Å². The largest absolute Gasteiger partial charge is 0.481 e. The molecule has 1 amide bonds. The van der Waals surface area contributed by atoms with E-state index < -0.39 is 9.84 Å². The molecule has 12 nitrogen and oxygen atoms in total. The number of pyridine rings is 1. The van der Waals surface area contributed by atoms with Crippen LogP contribution in [-0.4, -0.2) is 70.9 Å². The molecule has 35 heavy (non-hydrogen) atoms. The number of benzene rings is 1. The fraction of sp³-hybridized carbons (Fsp3) is 0.182. The maximum Gasteiger partial charge on any atom is 0.251 e. The van der Waals surface area contributed by atoms with Crippen molar-refractivity contribution in [3.05, 3.63) is 66.1 Å². The molecule has 4 rings (SSSR count). The zero-order valence-electron chi connectivity index (χ0n) is 18.9. The summed E-state index contributed by atoms with van der Waals surface area (Å²) in [5, 5.41) is 11.8. The van der Waals surface area contributed by atoms with Gasteiger partial charge in [0.05, 0.1) is 30.7 Å². The van der Waals surface area contributed by atoms with Crippen LogP contribution in [0.1, 0.15) is 15.9 Å².